The van der Waals surface area contributed by atoms with Crippen LogP contribution in [0.2, 0.25) is 5.02 Å². The number of carbonyl (C=O) groups excluding carboxylic acids is 2. The monoisotopic (exact) mass is 543 g/mol. The second-order valence-corrected chi connectivity index (χ2v) is 10.2. The average molecular weight is 544 g/mol. The summed E-state index contributed by atoms with van der Waals surface area (Å²) in [6, 6.07) is 5.93. The van der Waals surface area contributed by atoms with Crippen molar-refractivity contribution in [2.24, 2.45) is 0 Å². The van der Waals surface area contributed by atoms with Gasteiger partial charge in [-0.05, 0) is 68.5 Å². The van der Waals surface area contributed by atoms with E-state index in [9.17, 15) is 22.8 Å². The minimum atomic E-state index is -4.53. The summed E-state index contributed by atoms with van der Waals surface area (Å²) in [4.78, 5) is 27.6. The van der Waals surface area contributed by atoms with Crippen molar-refractivity contribution < 1.29 is 27.2 Å². The maximum atomic E-state index is 13.1. The molecule has 0 atom stereocenters. The highest BCUT2D eigenvalue weighted by Crippen LogP contribution is 2.37. The van der Waals surface area contributed by atoms with Crippen molar-refractivity contribution in [2.75, 3.05) is 19.6 Å². The second kappa shape index (κ2) is 10.7. The van der Waals surface area contributed by atoms with Crippen molar-refractivity contribution in [1.82, 2.24) is 15.3 Å². The standard InChI is InChI=1S/C23H21ClF3N3O3S2/c24-17-6-4-14(23(25,26)27)12-16(17)18-7-5-15(33-18)13-19-21(32)30(22(34)35-19)28-20(31)8-11-29-9-2-1-3-10-29/h4-7,12-13H,1-3,8-11H2,(H,28,31)/b19-13-. The van der Waals surface area contributed by atoms with Gasteiger partial charge in [-0.3, -0.25) is 15.0 Å². The summed E-state index contributed by atoms with van der Waals surface area (Å²) in [6.07, 6.45) is 0.585. The molecule has 4 rings (SSSR count). The molecule has 1 aromatic heterocycles. The Kier molecular flexibility index (Phi) is 7.89. The van der Waals surface area contributed by atoms with E-state index < -0.39 is 17.6 Å². The first kappa shape index (κ1) is 25.7. The van der Waals surface area contributed by atoms with E-state index in [-0.39, 0.29) is 43.7 Å². The summed E-state index contributed by atoms with van der Waals surface area (Å²) in [6.45, 7) is 2.55. The van der Waals surface area contributed by atoms with Crippen LogP contribution in [0.25, 0.3) is 17.4 Å². The molecular weight excluding hydrogens is 523 g/mol. The maximum Gasteiger partial charge on any atom is 0.416 e. The topological polar surface area (TPSA) is 65.8 Å². The van der Waals surface area contributed by atoms with E-state index in [1.807, 2.05) is 0 Å². The first-order chi connectivity index (χ1) is 16.6. The van der Waals surface area contributed by atoms with Gasteiger partial charge in [-0.25, -0.2) is 0 Å². The molecule has 2 aromatic rings. The molecule has 0 radical (unpaired) electrons. The number of piperidine rings is 1. The molecule has 0 bridgehead atoms. The number of alkyl halides is 3. The third kappa shape index (κ3) is 6.27. The molecule has 2 fully saturated rings. The number of furan rings is 1. The lowest BCUT2D eigenvalue weighted by atomic mass is 10.1. The Balaban J connectivity index is 1.42. The highest BCUT2D eigenvalue weighted by molar-refractivity contribution is 8.26. The van der Waals surface area contributed by atoms with E-state index in [0.717, 1.165) is 60.9 Å². The third-order valence-corrected chi connectivity index (χ3v) is 7.23. The van der Waals surface area contributed by atoms with Crippen molar-refractivity contribution >= 4 is 57.8 Å². The SMILES string of the molecule is O=C(CCN1CCCCC1)NN1C(=O)/C(=C/c2ccc(-c3cc(C(F)(F)F)ccc3Cl)o2)SC1=S. The number of hydrogen-bond acceptors (Lipinski definition) is 6. The molecule has 2 aliphatic rings. The first-order valence-electron chi connectivity index (χ1n) is 10.9. The lowest BCUT2D eigenvalue weighted by Crippen LogP contribution is -2.46. The van der Waals surface area contributed by atoms with Gasteiger partial charge >= 0.3 is 6.18 Å². The average Bonchev–Trinajstić information content (AvgIpc) is 3.38. The molecule has 2 amide bonds. The Morgan fingerprint density at radius 1 is 1.20 bits per heavy atom. The van der Waals surface area contributed by atoms with Gasteiger partial charge in [-0.15, -0.1) is 0 Å². The molecule has 1 N–H and O–H groups in total. The Bertz CT molecular complexity index is 1180. The van der Waals surface area contributed by atoms with Gasteiger partial charge in [-0.2, -0.15) is 18.2 Å². The van der Waals surface area contributed by atoms with Crippen LogP contribution in [-0.4, -0.2) is 45.7 Å². The largest absolute Gasteiger partial charge is 0.457 e. The van der Waals surface area contributed by atoms with E-state index in [2.05, 4.69) is 10.3 Å². The molecule has 2 aliphatic heterocycles. The van der Waals surface area contributed by atoms with Crippen molar-refractivity contribution in [2.45, 2.75) is 31.9 Å². The van der Waals surface area contributed by atoms with Crippen LogP contribution in [0, 0.1) is 0 Å². The minimum absolute atomic E-state index is 0.0784. The number of amides is 2. The Labute approximate surface area is 214 Å². The van der Waals surface area contributed by atoms with Crippen LogP contribution in [-0.2, 0) is 15.8 Å². The highest BCUT2D eigenvalue weighted by atomic mass is 35.5. The molecule has 2 saturated heterocycles. The zero-order valence-corrected chi connectivity index (χ0v) is 20.8. The zero-order valence-electron chi connectivity index (χ0n) is 18.4. The van der Waals surface area contributed by atoms with Gasteiger partial charge in [0.05, 0.1) is 15.5 Å². The van der Waals surface area contributed by atoms with Crippen LogP contribution >= 0.6 is 35.6 Å². The molecular formula is C23H21ClF3N3O3S2. The van der Waals surface area contributed by atoms with Gasteiger partial charge in [-0.1, -0.05) is 29.8 Å². The van der Waals surface area contributed by atoms with Crippen LogP contribution in [0.3, 0.4) is 0 Å². The zero-order chi connectivity index (χ0) is 25.2. The Morgan fingerprint density at radius 3 is 2.66 bits per heavy atom. The Morgan fingerprint density at radius 2 is 1.94 bits per heavy atom. The van der Waals surface area contributed by atoms with Crippen molar-refractivity contribution in [3.63, 3.8) is 0 Å². The molecule has 186 valence electrons. The summed E-state index contributed by atoms with van der Waals surface area (Å²) in [5, 5.41) is 1.12. The van der Waals surface area contributed by atoms with Crippen LogP contribution in [0.1, 0.15) is 37.0 Å². The van der Waals surface area contributed by atoms with Gasteiger partial charge in [0.15, 0.2) is 4.32 Å². The fraction of sp³-hybridized carbons (Fsp3) is 0.348. The van der Waals surface area contributed by atoms with E-state index >= 15 is 0 Å². The van der Waals surface area contributed by atoms with Gasteiger partial charge in [0.1, 0.15) is 11.5 Å². The number of likely N-dealkylation sites (tertiary alicyclic amines) is 1. The summed E-state index contributed by atoms with van der Waals surface area (Å²) < 4.78 is 45.0. The van der Waals surface area contributed by atoms with Gasteiger partial charge in [0, 0.05) is 24.6 Å². The lowest BCUT2D eigenvalue weighted by molar-refractivity contribution is -0.137. The molecule has 3 heterocycles. The van der Waals surface area contributed by atoms with Crippen molar-refractivity contribution in [3.8, 4) is 11.3 Å². The quantitative estimate of drug-likeness (QED) is 0.371. The molecule has 12 heteroatoms. The summed E-state index contributed by atoms with van der Waals surface area (Å²) in [7, 11) is 0. The molecule has 0 aliphatic carbocycles. The van der Waals surface area contributed by atoms with E-state index in [1.54, 1.807) is 0 Å². The van der Waals surface area contributed by atoms with E-state index in [4.69, 9.17) is 28.2 Å². The minimum Gasteiger partial charge on any atom is -0.457 e. The predicted octanol–water partition coefficient (Wildman–Crippen LogP) is 5.73. The van der Waals surface area contributed by atoms with Crippen LogP contribution < -0.4 is 5.43 Å². The number of thiocarbonyl (C=S) groups is 1. The van der Waals surface area contributed by atoms with Gasteiger partial charge in [0.2, 0.25) is 5.91 Å². The van der Waals surface area contributed by atoms with Crippen LogP contribution in [0.15, 0.2) is 39.7 Å². The molecule has 1 aromatic carbocycles. The van der Waals surface area contributed by atoms with Crippen LogP contribution in [0.5, 0.6) is 0 Å². The third-order valence-electron chi connectivity index (χ3n) is 5.59. The van der Waals surface area contributed by atoms with Crippen molar-refractivity contribution in [1.29, 1.82) is 0 Å². The molecule has 6 nitrogen and oxygen atoms in total. The van der Waals surface area contributed by atoms with Gasteiger partial charge in [0.25, 0.3) is 5.91 Å². The number of thioether (sulfide) groups is 1. The number of halogens is 4. The number of rotatable bonds is 6. The summed E-state index contributed by atoms with van der Waals surface area (Å²) in [5.74, 6) is -0.479. The Hall–Kier alpha value is -2.34. The van der Waals surface area contributed by atoms with Crippen LogP contribution in [0.4, 0.5) is 13.2 Å². The number of hydrogen-bond donors (Lipinski definition) is 1. The van der Waals surface area contributed by atoms with Crippen molar-refractivity contribution in [3.05, 3.63) is 51.6 Å². The smallest absolute Gasteiger partial charge is 0.416 e. The number of hydrazine groups is 1. The fourth-order valence-electron chi connectivity index (χ4n) is 3.78. The van der Waals surface area contributed by atoms with E-state index in [1.165, 1.54) is 24.6 Å². The first-order valence-corrected chi connectivity index (χ1v) is 12.5. The highest BCUT2D eigenvalue weighted by Gasteiger charge is 2.34. The molecule has 0 saturated carbocycles. The number of nitrogens with one attached hydrogen (secondary N) is 1. The number of carbonyl (C=O) groups is 2. The summed E-state index contributed by atoms with van der Waals surface area (Å²) >= 11 is 12.3. The fourth-order valence-corrected chi connectivity index (χ4v) is 5.15. The summed E-state index contributed by atoms with van der Waals surface area (Å²) in [5.41, 5.74) is 1.78. The molecule has 0 unspecified atom stereocenters. The van der Waals surface area contributed by atoms with E-state index in [0.29, 0.717) is 6.54 Å². The maximum absolute atomic E-state index is 13.1. The molecule has 35 heavy (non-hydrogen) atoms. The molecule has 0 spiro atoms. The number of nitrogens with zero attached hydrogens (tertiary/aromatic N) is 2. The second-order valence-electron chi connectivity index (χ2n) is 8.10. The number of benzene rings is 1. The predicted molar refractivity (Wildman–Crippen MR) is 132 cm³/mol. The lowest BCUT2D eigenvalue weighted by Gasteiger charge is -2.26. The van der Waals surface area contributed by atoms with Gasteiger partial charge < -0.3 is 9.32 Å². The normalized spacial score (nSPS) is 18.5.